The lowest BCUT2D eigenvalue weighted by atomic mass is 10.1. The van der Waals surface area contributed by atoms with Gasteiger partial charge in [-0.3, -0.25) is 4.79 Å². The Bertz CT molecular complexity index is 414. The van der Waals surface area contributed by atoms with Gasteiger partial charge in [0.25, 0.3) is 0 Å². The van der Waals surface area contributed by atoms with E-state index in [1.54, 1.807) is 11.3 Å². The predicted molar refractivity (Wildman–Crippen MR) is 65.7 cm³/mol. The van der Waals surface area contributed by atoms with Crippen LogP contribution in [0.25, 0.3) is 0 Å². The number of amides is 1. The van der Waals surface area contributed by atoms with Gasteiger partial charge in [-0.05, 0) is 35.2 Å². The highest BCUT2D eigenvalue weighted by Crippen LogP contribution is 2.35. The highest BCUT2D eigenvalue weighted by Gasteiger charge is 2.48. The molecule has 1 aliphatic carbocycles. The summed E-state index contributed by atoms with van der Waals surface area (Å²) in [4.78, 5) is 14.0. The van der Waals surface area contributed by atoms with Crippen LogP contribution < -0.4 is 5.73 Å². The fourth-order valence-corrected chi connectivity index (χ4v) is 2.86. The molecule has 2 N–H and O–H groups in total. The van der Waals surface area contributed by atoms with Gasteiger partial charge in [0.05, 0.1) is 18.7 Å². The molecule has 0 aromatic carbocycles. The van der Waals surface area contributed by atoms with Gasteiger partial charge in [-0.2, -0.15) is 11.3 Å². The van der Waals surface area contributed by atoms with Crippen molar-refractivity contribution in [2.75, 3.05) is 19.7 Å². The van der Waals surface area contributed by atoms with Crippen molar-refractivity contribution < 1.29 is 9.53 Å². The summed E-state index contributed by atoms with van der Waals surface area (Å²) in [6, 6.07) is 2.05. The molecule has 1 amide bonds. The lowest BCUT2D eigenvalue weighted by Gasteiger charge is -2.34. The van der Waals surface area contributed by atoms with E-state index in [1.165, 1.54) is 0 Å². The number of nitrogens with zero attached hydrogens (tertiary/aromatic N) is 1. The number of hydrogen-bond donors (Lipinski definition) is 1. The molecule has 1 aliphatic heterocycles. The van der Waals surface area contributed by atoms with Gasteiger partial charge < -0.3 is 15.4 Å². The summed E-state index contributed by atoms with van der Waals surface area (Å²) >= 11 is 1.65. The van der Waals surface area contributed by atoms with Crippen LogP contribution in [0.4, 0.5) is 0 Å². The largest absolute Gasteiger partial charge is 0.370 e. The second-order valence-electron chi connectivity index (χ2n) is 4.82. The number of morpholine rings is 1. The van der Waals surface area contributed by atoms with Crippen LogP contribution in [0.1, 0.15) is 24.5 Å². The lowest BCUT2D eigenvalue weighted by molar-refractivity contribution is -0.141. The van der Waals surface area contributed by atoms with E-state index in [9.17, 15) is 4.79 Å². The van der Waals surface area contributed by atoms with E-state index < -0.39 is 5.54 Å². The van der Waals surface area contributed by atoms with Gasteiger partial charge in [0.2, 0.25) is 5.91 Å². The van der Waals surface area contributed by atoms with Crippen molar-refractivity contribution in [2.45, 2.75) is 24.5 Å². The zero-order valence-electron chi connectivity index (χ0n) is 9.59. The third kappa shape index (κ3) is 2.10. The third-order valence-corrected chi connectivity index (χ3v) is 4.18. The molecule has 1 aromatic rings. The number of nitrogens with two attached hydrogens (primary N) is 1. The van der Waals surface area contributed by atoms with Crippen LogP contribution in [-0.2, 0) is 9.53 Å². The number of carbonyl (C=O) groups is 1. The first-order chi connectivity index (χ1) is 8.19. The first-order valence-corrected chi connectivity index (χ1v) is 6.85. The molecule has 5 heteroatoms. The Balaban J connectivity index is 1.69. The van der Waals surface area contributed by atoms with Crippen LogP contribution in [0, 0.1) is 0 Å². The van der Waals surface area contributed by atoms with Gasteiger partial charge in [0.15, 0.2) is 0 Å². The van der Waals surface area contributed by atoms with Crippen molar-refractivity contribution in [1.29, 1.82) is 0 Å². The SMILES string of the molecule is NC1(C(=O)N2CCOC(c3ccsc3)C2)CC1. The number of ether oxygens (including phenoxy) is 1. The normalized spacial score (nSPS) is 26.9. The van der Waals surface area contributed by atoms with Crippen LogP contribution in [0.2, 0.25) is 0 Å². The Labute approximate surface area is 104 Å². The minimum atomic E-state index is -0.559. The number of thiophene rings is 1. The molecule has 2 heterocycles. The van der Waals surface area contributed by atoms with Crippen LogP contribution in [0.15, 0.2) is 16.8 Å². The molecule has 1 saturated carbocycles. The Morgan fingerprint density at radius 1 is 1.59 bits per heavy atom. The molecule has 1 unspecified atom stereocenters. The Kier molecular flexibility index (Phi) is 2.69. The topological polar surface area (TPSA) is 55.6 Å². The van der Waals surface area contributed by atoms with Crippen molar-refractivity contribution >= 4 is 17.2 Å². The Morgan fingerprint density at radius 2 is 2.41 bits per heavy atom. The molecule has 1 saturated heterocycles. The molecule has 2 aliphatic rings. The van der Waals surface area contributed by atoms with Crippen molar-refractivity contribution in [3.05, 3.63) is 22.4 Å². The molecule has 92 valence electrons. The van der Waals surface area contributed by atoms with E-state index in [-0.39, 0.29) is 12.0 Å². The zero-order valence-corrected chi connectivity index (χ0v) is 10.4. The molecular formula is C12H16N2O2S. The standard InChI is InChI=1S/C12H16N2O2S/c13-12(2-3-12)11(15)14-4-5-16-10(7-14)9-1-6-17-8-9/h1,6,8,10H,2-5,7,13H2. The average Bonchev–Trinajstić information content (AvgIpc) is 2.91. The summed E-state index contributed by atoms with van der Waals surface area (Å²) in [6.07, 6.45) is 1.67. The van der Waals surface area contributed by atoms with E-state index in [0.717, 1.165) is 18.4 Å². The first-order valence-electron chi connectivity index (χ1n) is 5.91. The summed E-state index contributed by atoms with van der Waals surface area (Å²) < 4.78 is 5.71. The number of rotatable bonds is 2. The van der Waals surface area contributed by atoms with Crippen LogP contribution >= 0.6 is 11.3 Å². The predicted octanol–water partition coefficient (Wildman–Crippen LogP) is 1.14. The second kappa shape index (κ2) is 4.08. The Hall–Kier alpha value is -0.910. The summed E-state index contributed by atoms with van der Waals surface area (Å²) in [7, 11) is 0. The second-order valence-corrected chi connectivity index (χ2v) is 5.60. The minimum absolute atomic E-state index is 0.0151. The fourth-order valence-electron chi connectivity index (χ4n) is 2.16. The monoisotopic (exact) mass is 252 g/mol. The molecule has 3 rings (SSSR count). The fraction of sp³-hybridized carbons (Fsp3) is 0.583. The van der Waals surface area contributed by atoms with E-state index in [1.807, 2.05) is 10.3 Å². The van der Waals surface area contributed by atoms with E-state index in [2.05, 4.69) is 11.4 Å². The van der Waals surface area contributed by atoms with Crippen molar-refractivity contribution in [2.24, 2.45) is 5.73 Å². The third-order valence-electron chi connectivity index (χ3n) is 3.48. The van der Waals surface area contributed by atoms with E-state index >= 15 is 0 Å². The van der Waals surface area contributed by atoms with Crippen molar-refractivity contribution in [1.82, 2.24) is 4.90 Å². The molecule has 4 nitrogen and oxygen atoms in total. The van der Waals surface area contributed by atoms with Gasteiger partial charge >= 0.3 is 0 Å². The molecule has 0 bridgehead atoms. The molecule has 2 fully saturated rings. The number of hydrogen-bond acceptors (Lipinski definition) is 4. The summed E-state index contributed by atoms with van der Waals surface area (Å²) in [5.74, 6) is 0.0982. The van der Waals surface area contributed by atoms with Gasteiger partial charge in [-0.25, -0.2) is 0 Å². The van der Waals surface area contributed by atoms with Gasteiger partial charge in [-0.1, -0.05) is 0 Å². The van der Waals surface area contributed by atoms with Crippen LogP contribution in [0.5, 0.6) is 0 Å². The van der Waals surface area contributed by atoms with Gasteiger partial charge in [-0.15, -0.1) is 0 Å². The highest BCUT2D eigenvalue weighted by atomic mass is 32.1. The lowest BCUT2D eigenvalue weighted by Crippen LogP contribution is -2.50. The first kappa shape index (κ1) is 11.2. The van der Waals surface area contributed by atoms with Gasteiger partial charge in [0, 0.05) is 6.54 Å². The van der Waals surface area contributed by atoms with Crippen molar-refractivity contribution in [3.63, 3.8) is 0 Å². The maximum atomic E-state index is 12.1. The average molecular weight is 252 g/mol. The summed E-state index contributed by atoms with van der Waals surface area (Å²) in [6.45, 7) is 1.90. The minimum Gasteiger partial charge on any atom is -0.370 e. The zero-order chi connectivity index (χ0) is 11.9. The summed E-state index contributed by atoms with van der Waals surface area (Å²) in [5.41, 5.74) is 6.56. The quantitative estimate of drug-likeness (QED) is 0.858. The molecule has 0 spiro atoms. The van der Waals surface area contributed by atoms with Crippen LogP contribution in [-0.4, -0.2) is 36.0 Å². The van der Waals surface area contributed by atoms with E-state index in [0.29, 0.717) is 19.7 Å². The molecular weight excluding hydrogens is 236 g/mol. The van der Waals surface area contributed by atoms with E-state index in [4.69, 9.17) is 10.5 Å². The maximum absolute atomic E-state index is 12.1. The summed E-state index contributed by atoms with van der Waals surface area (Å²) in [5, 5.41) is 4.11. The van der Waals surface area contributed by atoms with Gasteiger partial charge in [0.1, 0.15) is 6.10 Å². The highest BCUT2D eigenvalue weighted by molar-refractivity contribution is 7.07. The molecule has 17 heavy (non-hydrogen) atoms. The molecule has 1 aromatic heterocycles. The number of carbonyl (C=O) groups excluding carboxylic acids is 1. The molecule has 1 atom stereocenters. The van der Waals surface area contributed by atoms with Crippen molar-refractivity contribution in [3.8, 4) is 0 Å². The Morgan fingerprint density at radius 3 is 3.06 bits per heavy atom. The maximum Gasteiger partial charge on any atom is 0.242 e. The molecule has 0 radical (unpaired) electrons. The smallest absolute Gasteiger partial charge is 0.242 e. The van der Waals surface area contributed by atoms with Crippen LogP contribution in [0.3, 0.4) is 0 Å².